The minimum absolute atomic E-state index is 0.0212. The van der Waals surface area contributed by atoms with Crippen LogP contribution in [0, 0.1) is 11.3 Å². The Morgan fingerprint density at radius 2 is 2.00 bits per heavy atom. The Labute approximate surface area is 195 Å². The molecule has 2 atom stereocenters. The van der Waals surface area contributed by atoms with E-state index in [1.807, 2.05) is 0 Å². The van der Waals surface area contributed by atoms with Crippen molar-refractivity contribution in [3.8, 4) is 0 Å². The van der Waals surface area contributed by atoms with Crippen LogP contribution in [0.3, 0.4) is 0 Å². The first-order valence-electron chi connectivity index (χ1n) is 8.94. The van der Waals surface area contributed by atoms with Crippen molar-refractivity contribution in [3.05, 3.63) is 69.5 Å². The largest absolute Gasteiger partial charge is 0.396 e. The molecule has 0 saturated heterocycles. The lowest BCUT2D eigenvalue weighted by atomic mass is 10.00. The third-order valence-corrected chi connectivity index (χ3v) is 6.55. The number of sulfonamides is 1. The second-order valence-corrected chi connectivity index (χ2v) is 9.35. The molecule has 4 N–H and O–H groups in total. The number of pyridine rings is 2. The number of rotatable bonds is 6. The van der Waals surface area contributed by atoms with Gasteiger partial charge in [0.25, 0.3) is 10.0 Å². The van der Waals surface area contributed by atoms with Crippen molar-refractivity contribution >= 4 is 56.7 Å². The molecule has 2 unspecified atom stereocenters. The van der Waals surface area contributed by atoms with E-state index in [4.69, 9.17) is 34.3 Å². The van der Waals surface area contributed by atoms with Gasteiger partial charge in [0.05, 0.1) is 26.9 Å². The van der Waals surface area contributed by atoms with Crippen LogP contribution in [0.1, 0.15) is 21.6 Å². The molecule has 33 heavy (non-hydrogen) atoms. The predicted molar refractivity (Wildman–Crippen MR) is 118 cm³/mol. The molecular weight excluding hydrogens is 506 g/mol. The second kappa shape index (κ2) is 9.12. The Balaban J connectivity index is 2.05. The summed E-state index contributed by atoms with van der Waals surface area (Å²) >= 11 is 11.6. The summed E-state index contributed by atoms with van der Waals surface area (Å²) in [5.41, 5.74) is 4.77. The number of anilines is 2. The SMILES string of the molecule is N=Cc1c(C(=O)c2ncc(Cl)cc2NS(=O)(=O)C2=CC(C(F)(F)F)C(Cl)C=C2)ccnc1N. The van der Waals surface area contributed by atoms with E-state index in [-0.39, 0.29) is 27.7 Å². The highest BCUT2D eigenvalue weighted by Gasteiger charge is 2.44. The predicted octanol–water partition coefficient (Wildman–Crippen LogP) is 3.92. The Morgan fingerprint density at radius 1 is 1.30 bits per heavy atom. The van der Waals surface area contributed by atoms with Crippen molar-refractivity contribution in [2.45, 2.75) is 11.6 Å². The van der Waals surface area contributed by atoms with Crippen LogP contribution in [0.15, 0.2) is 47.7 Å². The van der Waals surface area contributed by atoms with E-state index < -0.39 is 43.9 Å². The lowest BCUT2D eigenvalue weighted by Crippen LogP contribution is -2.31. The first kappa shape index (κ1) is 24.7. The van der Waals surface area contributed by atoms with E-state index in [1.165, 1.54) is 12.3 Å². The van der Waals surface area contributed by atoms with Gasteiger partial charge in [-0.15, -0.1) is 11.6 Å². The number of halogens is 5. The number of ketones is 1. The van der Waals surface area contributed by atoms with Gasteiger partial charge in [-0.25, -0.2) is 18.4 Å². The fourth-order valence-corrected chi connectivity index (χ4v) is 4.55. The monoisotopic (exact) mass is 519 g/mol. The number of aromatic nitrogens is 2. The minimum Gasteiger partial charge on any atom is -0.383 e. The van der Waals surface area contributed by atoms with Gasteiger partial charge in [-0.2, -0.15) is 13.2 Å². The zero-order chi connectivity index (χ0) is 24.6. The van der Waals surface area contributed by atoms with Crippen molar-refractivity contribution < 1.29 is 26.4 Å². The molecule has 1 aliphatic carbocycles. The van der Waals surface area contributed by atoms with Gasteiger partial charge in [0.15, 0.2) is 0 Å². The number of carbonyl (C=O) groups excluding carboxylic acids is 1. The van der Waals surface area contributed by atoms with E-state index >= 15 is 0 Å². The minimum atomic E-state index is -4.78. The van der Waals surface area contributed by atoms with Gasteiger partial charge < -0.3 is 11.1 Å². The highest BCUT2D eigenvalue weighted by Crippen LogP contribution is 2.37. The Bertz CT molecular complexity index is 1300. The molecule has 0 radical (unpaired) electrons. The molecule has 0 saturated carbocycles. The molecule has 2 heterocycles. The number of nitrogens with zero attached hydrogens (tertiary/aromatic N) is 2. The molecule has 8 nitrogen and oxygen atoms in total. The summed E-state index contributed by atoms with van der Waals surface area (Å²) in [6.07, 6.45) is 0.640. The van der Waals surface area contributed by atoms with Gasteiger partial charge in [0.1, 0.15) is 11.5 Å². The number of hydrogen-bond acceptors (Lipinski definition) is 7. The van der Waals surface area contributed by atoms with Crippen LogP contribution < -0.4 is 10.5 Å². The number of alkyl halides is 4. The molecule has 174 valence electrons. The normalized spacial score (nSPS) is 18.5. The van der Waals surface area contributed by atoms with Crippen molar-refractivity contribution in [1.29, 1.82) is 5.41 Å². The van der Waals surface area contributed by atoms with E-state index in [9.17, 15) is 26.4 Å². The fraction of sp³-hybridized carbons (Fsp3) is 0.158. The van der Waals surface area contributed by atoms with Gasteiger partial charge in [-0.1, -0.05) is 23.8 Å². The van der Waals surface area contributed by atoms with Gasteiger partial charge in [-0.05, 0) is 18.2 Å². The summed E-state index contributed by atoms with van der Waals surface area (Å²) in [6, 6.07) is 2.33. The van der Waals surface area contributed by atoms with E-state index in [0.29, 0.717) is 6.08 Å². The summed E-state index contributed by atoms with van der Waals surface area (Å²) in [4.78, 5) is 20.0. The molecule has 0 bridgehead atoms. The maximum atomic E-state index is 13.2. The molecule has 14 heteroatoms. The molecule has 0 aliphatic heterocycles. The average molecular weight is 520 g/mol. The lowest BCUT2D eigenvalue weighted by molar-refractivity contribution is -0.159. The van der Waals surface area contributed by atoms with Crippen LogP contribution >= 0.6 is 23.2 Å². The number of allylic oxidation sites excluding steroid dienone is 3. The van der Waals surface area contributed by atoms with Crippen LogP contribution in [-0.4, -0.2) is 41.9 Å². The number of nitrogens with one attached hydrogen (secondary N) is 2. The van der Waals surface area contributed by atoms with Gasteiger partial charge >= 0.3 is 6.18 Å². The Kier molecular flexibility index (Phi) is 6.82. The second-order valence-electron chi connectivity index (χ2n) is 6.73. The number of carbonyl (C=O) groups is 1. The number of hydrogen-bond donors (Lipinski definition) is 3. The molecule has 2 aromatic rings. The lowest BCUT2D eigenvalue weighted by Gasteiger charge is -2.24. The van der Waals surface area contributed by atoms with E-state index in [2.05, 4.69) is 14.7 Å². The molecule has 1 aliphatic rings. The van der Waals surface area contributed by atoms with Crippen molar-refractivity contribution in [2.75, 3.05) is 10.5 Å². The summed E-state index contributed by atoms with van der Waals surface area (Å²) in [5.74, 6) is -3.17. The summed E-state index contributed by atoms with van der Waals surface area (Å²) in [7, 11) is -4.60. The zero-order valence-corrected chi connectivity index (χ0v) is 18.6. The van der Waals surface area contributed by atoms with Gasteiger partial charge in [0.2, 0.25) is 5.78 Å². The zero-order valence-electron chi connectivity index (χ0n) is 16.3. The molecule has 3 rings (SSSR count). The topological polar surface area (TPSA) is 139 Å². The molecular formula is C19H14Cl2F3N5O3S. The van der Waals surface area contributed by atoms with Crippen LogP contribution in [0.5, 0.6) is 0 Å². The Morgan fingerprint density at radius 3 is 2.64 bits per heavy atom. The van der Waals surface area contributed by atoms with Crippen LogP contribution in [-0.2, 0) is 10.0 Å². The van der Waals surface area contributed by atoms with Crippen LogP contribution in [0.2, 0.25) is 5.02 Å². The highest BCUT2D eigenvalue weighted by atomic mass is 35.5. The number of nitrogens with two attached hydrogens (primary N) is 1. The van der Waals surface area contributed by atoms with Gasteiger partial charge in [-0.3, -0.25) is 9.52 Å². The standard InChI is InChI=1S/C19H14Cl2F3N5O3S/c20-9-5-15(16(28-8-9)17(30)11-3-4-27-18(26)12(11)7-25)29-33(31,32)10-1-2-14(21)13(6-10)19(22,23)24/h1-8,13-14,25,29H,(H2,26,27). The van der Waals surface area contributed by atoms with Crippen LogP contribution in [0.25, 0.3) is 0 Å². The molecule has 0 fully saturated rings. The molecule has 0 amide bonds. The first-order chi connectivity index (χ1) is 15.3. The van der Waals surface area contributed by atoms with Crippen molar-refractivity contribution in [2.24, 2.45) is 5.92 Å². The Hall–Kier alpha value is -2.96. The first-order valence-corrected chi connectivity index (χ1v) is 11.2. The number of nitrogen functional groups attached to an aromatic ring is 1. The molecule has 0 spiro atoms. The fourth-order valence-electron chi connectivity index (χ4n) is 2.95. The van der Waals surface area contributed by atoms with Crippen LogP contribution in [0.4, 0.5) is 24.7 Å². The average Bonchev–Trinajstić information content (AvgIpc) is 2.72. The summed E-state index contributed by atoms with van der Waals surface area (Å²) in [5, 5.41) is 5.94. The maximum absolute atomic E-state index is 13.2. The third kappa shape index (κ3) is 5.18. The smallest absolute Gasteiger partial charge is 0.383 e. The molecule has 0 aromatic carbocycles. The van der Waals surface area contributed by atoms with E-state index in [1.54, 1.807) is 0 Å². The summed E-state index contributed by atoms with van der Waals surface area (Å²) in [6.45, 7) is 0. The maximum Gasteiger partial charge on any atom is 0.396 e. The third-order valence-electron chi connectivity index (χ3n) is 4.54. The molecule has 2 aromatic heterocycles. The van der Waals surface area contributed by atoms with Gasteiger partial charge in [0, 0.05) is 29.7 Å². The van der Waals surface area contributed by atoms with Crippen molar-refractivity contribution in [1.82, 2.24) is 9.97 Å². The van der Waals surface area contributed by atoms with E-state index in [0.717, 1.165) is 30.6 Å². The quantitative estimate of drug-likeness (QED) is 0.300. The highest BCUT2D eigenvalue weighted by molar-refractivity contribution is 7.96. The summed E-state index contributed by atoms with van der Waals surface area (Å²) < 4.78 is 67.4. The van der Waals surface area contributed by atoms with Crippen molar-refractivity contribution in [3.63, 3.8) is 0 Å².